The van der Waals surface area contributed by atoms with Crippen molar-refractivity contribution in [1.29, 1.82) is 0 Å². The smallest absolute Gasteiger partial charge is 0.119 e. The highest BCUT2D eigenvalue weighted by Gasteiger charge is 2.18. The molecule has 1 saturated heterocycles. The second-order valence-electron chi connectivity index (χ2n) is 5.73. The number of hydrogen-bond donors (Lipinski definition) is 1. The van der Waals surface area contributed by atoms with Gasteiger partial charge in [0.2, 0.25) is 0 Å². The summed E-state index contributed by atoms with van der Waals surface area (Å²) in [6, 6.07) is 7.68. The van der Waals surface area contributed by atoms with Gasteiger partial charge in [-0.15, -0.1) is 0 Å². The molecular weight excluding hydrogens is 266 g/mol. The van der Waals surface area contributed by atoms with Gasteiger partial charge in [-0.25, -0.2) is 0 Å². The molecule has 1 heterocycles. The first-order chi connectivity index (χ1) is 10.2. The van der Waals surface area contributed by atoms with Crippen LogP contribution in [0.4, 0.5) is 0 Å². The topological polar surface area (TPSA) is 41.9 Å². The van der Waals surface area contributed by atoms with Gasteiger partial charge in [0.05, 0.1) is 18.8 Å². The summed E-state index contributed by atoms with van der Waals surface area (Å²) >= 11 is 0. The predicted octanol–water partition coefficient (Wildman–Crippen LogP) is 2.62. The number of ether oxygens (including phenoxy) is 2. The Morgan fingerprint density at radius 1 is 1.33 bits per heavy atom. The third-order valence-corrected chi connectivity index (χ3v) is 3.85. The van der Waals surface area contributed by atoms with Gasteiger partial charge < -0.3 is 19.5 Å². The molecule has 2 unspecified atom stereocenters. The number of benzene rings is 1. The first-order valence-electron chi connectivity index (χ1n) is 7.90. The highest BCUT2D eigenvalue weighted by atomic mass is 16.5. The standard InChI is InChI=1S/C17H27NO3/c1-3-20-15-9-7-14(8-10-15)17(19)13-18(2)12-16-6-4-5-11-21-16/h7-10,16-17,19H,3-6,11-13H2,1-2H3. The SMILES string of the molecule is CCOc1ccc(C(O)CN(C)CC2CCCCO2)cc1. The third kappa shape index (κ3) is 5.30. The Hall–Kier alpha value is -1.10. The minimum atomic E-state index is -0.478. The molecular formula is C17H27NO3. The van der Waals surface area contributed by atoms with Gasteiger partial charge >= 0.3 is 0 Å². The molecule has 1 aliphatic heterocycles. The van der Waals surface area contributed by atoms with Gasteiger partial charge in [0.25, 0.3) is 0 Å². The molecule has 4 nitrogen and oxygen atoms in total. The fourth-order valence-corrected chi connectivity index (χ4v) is 2.73. The summed E-state index contributed by atoms with van der Waals surface area (Å²) in [5.74, 6) is 0.845. The Balaban J connectivity index is 1.80. The Morgan fingerprint density at radius 3 is 2.71 bits per heavy atom. The van der Waals surface area contributed by atoms with E-state index in [0.717, 1.165) is 30.9 Å². The van der Waals surface area contributed by atoms with Crippen molar-refractivity contribution < 1.29 is 14.6 Å². The lowest BCUT2D eigenvalue weighted by Gasteiger charge is -2.28. The molecule has 0 radical (unpaired) electrons. The van der Waals surface area contributed by atoms with Crippen LogP contribution in [0.2, 0.25) is 0 Å². The van der Waals surface area contributed by atoms with Gasteiger partial charge in [-0.05, 0) is 50.9 Å². The zero-order chi connectivity index (χ0) is 15.1. The maximum absolute atomic E-state index is 10.3. The van der Waals surface area contributed by atoms with Crippen molar-refractivity contribution in [2.45, 2.75) is 38.4 Å². The molecule has 0 bridgehead atoms. The summed E-state index contributed by atoms with van der Waals surface area (Å²) in [5.41, 5.74) is 0.926. The van der Waals surface area contributed by atoms with E-state index in [9.17, 15) is 5.11 Å². The van der Waals surface area contributed by atoms with Crippen molar-refractivity contribution in [2.24, 2.45) is 0 Å². The number of hydrogen-bond acceptors (Lipinski definition) is 4. The average molecular weight is 293 g/mol. The molecule has 1 fully saturated rings. The second kappa shape index (κ2) is 8.37. The summed E-state index contributed by atoms with van der Waals surface area (Å²) in [7, 11) is 2.04. The molecule has 1 aliphatic rings. The molecule has 0 saturated carbocycles. The quantitative estimate of drug-likeness (QED) is 0.839. The van der Waals surface area contributed by atoms with Crippen LogP contribution >= 0.6 is 0 Å². The van der Waals surface area contributed by atoms with Gasteiger partial charge in [-0.1, -0.05) is 12.1 Å². The molecule has 118 valence electrons. The van der Waals surface area contributed by atoms with Crippen LogP contribution in [0, 0.1) is 0 Å². The fourth-order valence-electron chi connectivity index (χ4n) is 2.73. The molecule has 0 aliphatic carbocycles. The Morgan fingerprint density at radius 2 is 2.10 bits per heavy atom. The molecule has 0 spiro atoms. The summed E-state index contributed by atoms with van der Waals surface area (Å²) in [4.78, 5) is 2.15. The van der Waals surface area contributed by atoms with Gasteiger partial charge in [-0.3, -0.25) is 0 Å². The van der Waals surface area contributed by atoms with Crippen LogP contribution in [0.1, 0.15) is 37.9 Å². The van der Waals surface area contributed by atoms with Crippen LogP contribution in [0.3, 0.4) is 0 Å². The van der Waals surface area contributed by atoms with E-state index < -0.39 is 6.10 Å². The Labute approximate surface area is 127 Å². The van der Waals surface area contributed by atoms with Crippen LogP contribution in [-0.4, -0.2) is 49.5 Å². The summed E-state index contributed by atoms with van der Waals surface area (Å²) < 4.78 is 11.2. The summed E-state index contributed by atoms with van der Waals surface area (Å²) in [5, 5.41) is 10.3. The number of likely N-dealkylation sites (N-methyl/N-ethyl adjacent to an activating group) is 1. The van der Waals surface area contributed by atoms with E-state index in [0.29, 0.717) is 19.3 Å². The van der Waals surface area contributed by atoms with E-state index in [-0.39, 0.29) is 0 Å². The van der Waals surface area contributed by atoms with Crippen molar-refractivity contribution >= 4 is 0 Å². The number of rotatable bonds is 7. The number of aliphatic hydroxyl groups excluding tert-OH is 1. The molecule has 0 aromatic heterocycles. The highest BCUT2D eigenvalue weighted by molar-refractivity contribution is 5.28. The molecule has 0 amide bonds. The van der Waals surface area contributed by atoms with Crippen LogP contribution in [0.25, 0.3) is 0 Å². The molecule has 4 heteroatoms. The van der Waals surface area contributed by atoms with E-state index in [4.69, 9.17) is 9.47 Å². The van der Waals surface area contributed by atoms with Crippen molar-refractivity contribution in [3.8, 4) is 5.75 Å². The lowest BCUT2D eigenvalue weighted by molar-refractivity contribution is -0.00795. The molecule has 21 heavy (non-hydrogen) atoms. The number of nitrogens with zero attached hydrogens (tertiary/aromatic N) is 1. The monoisotopic (exact) mass is 293 g/mol. The largest absolute Gasteiger partial charge is 0.494 e. The Kier molecular flexibility index (Phi) is 6.49. The molecule has 1 aromatic carbocycles. The lowest BCUT2D eigenvalue weighted by atomic mass is 10.1. The van der Waals surface area contributed by atoms with E-state index in [2.05, 4.69) is 4.90 Å². The van der Waals surface area contributed by atoms with Crippen molar-refractivity contribution in [2.75, 3.05) is 33.4 Å². The van der Waals surface area contributed by atoms with Gasteiger partial charge in [0.1, 0.15) is 5.75 Å². The van der Waals surface area contributed by atoms with Gasteiger partial charge in [0, 0.05) is 19.7 Å². The van der Waals surface area contributed by atoms with Crippen LogP contribution < -0.4 is 4.74 Å². The average Bonchev–Trinajstić information content (AvgIpc) is 2.49. The molecule has 1 N–H and O–H groups in total. The Bertz CT molecular complexity index is 401. The zero-order valence-corrected chi connectivity index (χ0v) is 13.1. The van der Waals surface area contributed by atoms with Crippen molar-refractivity contribution in [3.05, 3.63) is 29.8 Å². The maximum Gasteiger partial charge on any atom is 0.119 e. The van der Waals surface area contributed by atoms with Crippen LogP contribution in [-0.2, 0) is 4.74 Å². The van der Waals surface area contributed by atoms with E-state index in [1.165, 1.54) is 12.8 Å². The van der Waals surface area contributed by atoms with Gasteiger partial charge in [-0.2, -0.15) is 0 Å². The fraction of sp³-hybridized carbons (Fsp3) is 0.647. The zero-order valence-electron chi connectivity index (χ0n) is 13.1. The first kappa shape index (κ1) is 16.3. The highest BCUT2D eigenvalue weighted by Crippen LogP contribution is 2.19. The minimum Gasteiger partial charge on any atom is -0.494 e. The number of aliphatic hydroxyl groups is 1. The summed E-state index contributed by atoms with van der Waals surface area (Å²) in [6.45, 7) is 5.00. The van der Waals surface area contributed by atoms with Crippen LogP contribution in [0.5, 0.6) is 5.75 Å². The van der Waals surface area contributed by atoms with Crippen molar-refractivity contribution in [1.82, 2.24) is 4.90 Å². The van der Waals surface area contributed by atoms with E-state index in [1.54, 1.807) is 0 Å². The van der Waals surface area contributed by atoms with E-state index in [1.807, 2.05) is 38.2 Å². The molecule has 1 aromatic rings. The normalized spacial score (nSPS) is 20.5. The minimum absolute atomic E-state index is 0.316. The summed E-state index contributed by atoms with van der Waals surface area (Å²) in [6.07, 6.45) is 3.39. The van der Waals surface area contributed by atoms with Gasteiger partial charge in [0.15, 0.2) is 0 Å². The lowest BCUT2D eigenvalue weighted by Crippen LogP contribution is -2.35. The predicted molar refractivity (Wildman–Crippen MR) is 83.7 cm³/mol. The molecule has 2 rings (SSSR count). The van der Waals surface area contributed by atoms with E-state index >= 15 is 0 Å². The van der Waals surface area contributed by atoms with Crippen molar-refractivity contribution in [3.63, 3.8) is 0 Å². The third-order valence-electron chi connectivity index (χ3n) is 3.85. The second-order valence-corrected chi connectivity index (χ2v) is 5.73. The first-order valence-corrected chi connectivity index (χ1v) is 7.90. The maximum atomic E-state index is 10.3. The van der Waals surface area contributed by atoms with Crippen LogP contribution in [0.15, 0.2) is 24.3 Å². The molecule has 2 atom stereocenters.